The molecule has 1 aromatic rings. The van der Waals surface area contributed by atoms with Crippen molar-refractivity contribution in [3.05, 3.63) is 35.9 Å². The minimum absolute atomic E-state index is 0.255. The molecular weight excluding hydrogens is 331 g/mol. The highest BCUT2D eigenvalue weighted by atomic mass is 35.6. The van der Waals surface area contributed by atoms with Gasteiger partial charge in [0.2, 0.25) is 0 Å². The maximum absolute atomic E-state index is 9.81. The van der Waals surface area contributed by atoms with E-state index in [0.717, 1.165) is 13.2 Å². The Kier molecular flexibility index (Phi) is 19.5. The minimum Gasteiger partial charge on any atom is -0.381 e. The molecule has 0 saturated carbocycles. The summed E-state index contributed by atoms with van der Waals surface area (Å²) >= 11 is 14.4. The molecule has 0 aromatic heterocycles. The smallest absolute Gasteiger partial charge is 0.180 e. The Morgan fingerprint density at radius 3 is 1.67 bits per heavy atom. The Morgan fingerprint density at radius 2 is 1.52 bits per heavy atom. The van der Waals surface area contributed by atoms with Gasteiger partial charge in [0, 0.05) is 19.6 Å². The van der Waals surface area contributed by atoms with Gasteiger partial charge in [-0.2, -0.15) is 0 Å². The highest BCUT2D eigenvalue weighted by molar-refractivity contribution is 6.63. The van der Waals surface area contributed by atoms with Crippen LogP contribution >= 0.6 is 34.8 Å². The van der Waals surface area contributed by atoms with Crippen LogP contribution in [0.25, 0.3) is 0 Å². The first kappa shape index (κ1) is 23.0. The van der Waals surface area contributed by atoms with E-state index in [9.17, 15) is 4.79 Å². The maximum Gasteiger partial charge on any atom is 0.180 e. The molecule has 0 radical (unpaired) electrons. The van der Waals surface area contributed by atoms with Crippen LogP contribution in [0.3, 0.4) is 0 Å². The number of hydrogen-bond donors (Lipinski definition) is 0. The lowest BCUT2D eigenvalue weighted by atomic mass is 10.2. The van der Waals surface area contributed by atoms with Crippen LogP contribution in [0.1, 0.15) is 38.7 Å². The molecular formula is C16H25Cl3O2. The number of halogens is 3. The lowest BCUT2D eigenvalue weighted by Crippen LogP contribution is -1.80. The number of ketones is 1. The van der Waals surface area contributed by atoms with Crippen molar-refractivity contribution in [3.63, 3.8) is 0 Å². The SMILES string of the molecule is C1CCOC1.CCC(C)=O.Cc1ccccc1.ClC(Cl)Cl. The van der Waals surface area contributed by atoms with Gasteiger partial charge in [-0.1, -0.05) is 77.6 Å². The summed E-state index contributed by atoms with van der Waals surface area (Å²) < 4.78 is 4.19. The number of aryl methyl sites for hydroxylation is 1. The Hall–Kier alpha value is -0.280. The average molecular weight is 356 g/mol. The molecule has 0 N–H and O–H groups in total. The number of ether oxygens (including phenoxy) is 1. The fourth-order valence-electron chi connectivity index (χ4n) is 1.04. The second-order valence-corrected chi connectivity index (χ2v) is 6.26. The molecule has 2 rings (SSSR count). The molecule has 5 heteroatoms. The van der Waals surface area contributed by atoms with Gasteiger partial charge in [0.05, 0.1) is 0 Å². The summed E-state index contributed by atoms with van der Waals surface area (Å²) in [6.45, 7) is 7.52. The van der Waals surface area contributed by atoms with E-state index in [1.54, 1.807) is 6.92 Å². The van der Waals surface area contributed by atoms with Gasteiger partial charge >= 0.3 is 0 Å². The zero-order valence-corrected chi connectivity index (χ0v) is 15.2. The molecule has 0 atom stereocenters. The fraction of sp³-hybridized carbons (Fsp3) is 0.562. The van der Waals surface area contributed by atoms with E-state index >= 15 is 0 Å². The van der Waals surface area contributed by atoms with Crippen molar-refractivity contribution < 1.29 is 9.53 Å². The predicted molar refractivity (Wildman–Crippen MR) is 93.6 cm³/mol. The van der Waals surface area contributed by atoms with E-state index in [0.29, 0.717) is 6.42 Å². The minimum atomic E-state index is -0.750. The third-order valence-corrected chi connectivity index (χ3v) is 2.27. The summed E-state index contributed by atoms with van der Waals surface area (Å²) in [7, 11) is 0. The van der Waals surface area contributed by atoms with Crippen LogP contribution < -0.4 is 0 Å². The molecule has 1 saturated heterocycles. The fourth-order valence-corrected chi connectivity index (χ4v) is 1.04. The third-order valence-electron chi connectivity index (χ3n) is 2.27. The zero-order valence-electron chi connectivity index (χ0n) is 13.0. The molecule has 0 amide bonds. The summed E-state index contributed by atoms with van der Waals surface area (Å²) in [4.78, 5) is 9.81. The molecule has 0 unspecified atom stereocenters. The van der Waals surface area contributed by atoms with E-state index in [1.165, 1.54) is 18.4 Å². The standard InChI is InChI=1S/C7H8.2C4H8O.CHCl3/c1-7-5-3-2-4-6-7;1-2-4-5-3-1;1-3-4(2)5;2-1(3)4/h2-6H,1H3;1-4H2;3H2,1-2H3;1H. The van der Waals surface area contributed by atoms with Gasteiger partial charge in [0.1, 0.15) is 5.78 Å². The quantitative estimate of drug-likeness (QED) is 0.598. The van der Waals surface area contributed by atoms with Gasteiger partial charge < -0.3 is 9.53 Å². The summed E-state index contributed by atoms with van der Waals surface area (Å²) in [6, 6.07) is 10.3. The van der Waals surface area contributed by atoms with Crippen molar-refractivity contribution in [2.75, 3.05) is 13.2 Å². The van der Waals surface area contributed by atoms with Crippen molar-refractivity contribution in [1.82, 2.24) is 0 Å². The number of carbonyl (C=O) groups excluding carboxylic acids is 1. The van der Waals surface area contributed by atoms with Gasteiger partial charge in [-0.05, 0) is 26.7 Å². The Labute approximate surface area is 143 Å². The van der Waals surface area contributed by atoms with Crippen LogP contribution in [0.4, 0.5) is 0 Å². The highest BCUT2D eigenvalue weighted by Gasteiger charge is 1.94. The number of alkyl halides is 3. The van der Waals surface area contributed by atoms with Crippen molar-refractivity contribution >= 4 is 40.6 Å². The Morgan fingerprint density at radius 1 is 1.14 bits per heavy atom. The van der Waals surface area contributed by atoms with Crippen LogP contribution in [0.15, 0.2) is 30.3 Å². The van der Waals surface area contributed by atoms with Gasteiger partial charge in [-0.15, -0.1) is 0 Å². The van der Waals surface area contributed by atoms with Gasteiger partial charge in [-0.3, -0.25) is 0 Å². The van der Waals surface area contributed by atoms with Crippen LogP contribution in [0.5, 0.6) is 0 Å². The molecule has 122 valence electrons. The van der Waals surface area contributed by atoms with Crippen LogP contribution in [0.2, 0.25) is 0 Å². The lowest BCUT2D eigenvalue weighted by Gasteiger charge is -1.82. The van der Waals surface area contributed by atoms with E-state index in [4.69, 9.17) is 39.5 Å². The monoisotopic (exact) mass is 354 g/mol. The lowest BCUT2D eigenvalue weighted by molar-refractivity contribution is -0.116. The largest absolute Gasteiger partial charge is 0.381 e. The van der Waals surface area contributed by atoms with E-state index < -0.39 is 4.30 Å². The maximum atomic E-state index is 9.81. The highest BCUT2D eigenvalue weighted by Crippen LogP contribution is 2.03. The van der Waals surface area contributed by atoms with Crippen LogP contribution in [-0.2, 0) is 9.53 Å². The first-order chi connectivity index (χ1) is 9.90. The van der Waals surface area contributed by atoms with Gasteiger partial charge in [-0.25, -0.2) is 0 Å². The molecule has 1 heterocycles. The van der Waals surface area contributed by atoms with E-state index in [-0.39, 0.29) is 5.78 Å². The van der Waals surface area contributed by atoms with Crippen molar-refractivity contribution in [2.24, 2.45) is 0 Å². The van der Waals surface area contributed by atoms with E-state index in [1.807, 2.05) is 25.1 Å². The molecule has 2 nitrogen and oxygen atoms in total. The number of carbonyl (C=O) groups is 1. The molecule has 0 spiro atoms. The van der Waals surface area contributed by atoms with Crippen LogP contribution in [0, 0.1) is 6.92 Å². The molecule has 1 fully saturated rings. The summed E-state index contributed by atoms with van der Waals surface area (Å²) in [5, 5.41) is 0. The van der Waals surface area contributed by atoms with Crippen molar-refractivity contribution in [1.29, 1.82) is 0 Å². The molecule has 0 aliphatic carbocycles. The van der Waals surface area contributed by atoms with Crippen molar-refractivity contribution in [3.8, 4) is 0 Å². The normalized spacial score (nSPS) is 12.1. The third kappa shape index (κ3) is 28.6. The summed E-state index contributed by atoms with van der Waals surface area (Å²) in [5.74, 6) is 0.255. The first-order valence-electron chi connectivity index (χ1n) is 6.91. The number of hydrogen-bond acceptors (Lipinski definition) is 2. The first-order valence-corrected chi connectivity index (χ1v) is 8.22. The molecule has 1 aliphatic heterocycles. The number of rotatable bonds is 1. The molecule has 21 heavy (non-hydrogen) atoms. The summed E-state index contributed by atoms with van der Waals surface area (Å²) in [5.41, 5.74) is 1.32. The Balaban J connectivity index is 0. The topological polar surface area (TPSA) is 26.3 Å². The van der Waals surface area contributed by atoms with Crippen molar-refractivity contribution in [2.45, 2.75) is 44.3 Å². The van der Waals surface area contributed by atoms with Gasteiger partial charge in [0.15, 0.2) is 4.30 Å². The summed E-state index contributed by atoms with van der Waals surface area (Å²) in [6.07, 6.45) is 3.22. The number of Topliss-reactive ketones (excluding diaryl/α,β-unsaturated/α-hetero) is 1. The molecule has 1 aromatic carbocycles. The predicted octanol–water partition coefficient (Wildman–Crippen LogP) is 5.76. The second-order valence-electron chi connectivity index (χ2n) is 4.28. The zero-order chi connectivity index (χ0) is 16.5. The molecule has 0 bridgehead atoms. The second kappa shape index (κ2) is 17.8. The Bertz CT molecular complexity index is 315. The van der Waals surface area contributed by atoms with Crippen LogP contribution in [-0.4, -0.2) is 23.3 Å². The van der Waals surface area contributed by atoms with E-state index in [2.05, 4.69) is 19.1 Å². The number of benzene rings is 1. The van der Waals surface area contributed by atoms with Gasteiger partial charge in [0.25, 0.3) is 0 Å². The average Bonchev–Trinajstić information content (AvgIpc) is 2.98. The molecule has 1 aliphatic rings.